The number of hydrogen-bond acceptors (Lipinski definition) is 6. The van der Waals surface area contributed by atoms with Gasteiger partial charge in [-0.3, -0.25) is 19.5 Å². The van der Waals surface area contributed by atoms with Gasteiger partial charge >= 0.3 is 0 Å². The van der Waals surface area contributed by atoms with Gasteiger partial charge in [-0.2, -0.15) is 10.1 Å². The summed E-state index contributed by atoms with van der Waals surface area (Å²) in [6.45, 7) is 0.319. The van der Waals surface area contributed by atoms with Crippen LogP contribution in [0.2, 0.25) is 5.02 Å². The highest BCUT2D eigenvalue weighted by Crippen LogP contribution is 2.20. The van der Waals surface area contributed by atoms with E-state index in [0.717, 1.165) is 5.56 Å². The van der Waals surface area contributed by atoms with Crippen molar-refractivity contribution in [3.63, 3.8) is 0 Å². The summed E-state index contributed by atoms with van der Waals surface area (Å²) in [4.78, 5) is 33.7. The molecule has 1 amide bonds. The van der Waals surface area contributed by atoms with E-state index in [1.54, 1.807) is 34.9 Å². The van der Waals surface area contributed by atoms with Crippen LogP contribution in [0.25, 0.3) is 10.9 Å². The van der Waals surface area contributed by atoms with Crippen LogP contribution < -0.4 is 10.9 Å². The molecule has 0 aliphatic heterocycles. The predicted octanol–water partition coefficient (Wildman–Crippen LogP) is 2.95. The van der Waals surface area contributed by atoms with Gasteiger partial charge in [-0.15, -0.1) is 0 Å². The Labute approximate surface area is 174 Å². The lowest BCUT2D eigenvalue weighted by Gasteiger charge is -2.13. The minimum atomic E-state index is -0.285. The number of carbonyl (C=O) groups is 1. The predicted molar refractivity (Wildman–Crippen MR) is 112 cm³/mol. The molecule has 0 radical (unpaired) electrons. The fourth-order valence-electron chi connectivity index (χ4n) is 2.73. The molecule has 0 unspecified atom stereocenters. The SMILES string of the molecule is O=C(CSc1nc2ccccc2c(=O)n1Cc1ccc(Cl)cc1)Nc1ncn[nH]1. The molecule has 0 bridgehead atoms. The fraction of sp³-hybridized carbons (Fsp3) is 0.105. The first-order chi connectivity index (χ1) is 14.1. The molecular weight excluding hydrogens is 412 g/mol. The number of benzene rings is 2. The maximum Gasteiger partial charge on any atom is 0.262 e. The van der Waals surface area contributed by atoms with Crippen molar-refractivity contribution in [2.24, 2.45) is 0 Å². The Bertz CT molecular complexity index is 1210. The lowest BCUT2D eigenvalue weighted by atomic mass is 10.2. The number of hydrogen-bond donors (Lipinski definition) is 2. The summed E-state index contributed by atoms with van der Waals surface area (Å²) in [5.74, 6) is 0.0411. The number of aromatic nitrogens is 5. The lowest BCUT2D eigenvalue weighted by molar-refractivity contribution is -0.113. The Hall–Kier alpha value is -3.17. The number of halogens is 1. The van der Waals surface area contributed by atoms with Crippen LogP contribution in [0.1, 0.15) is 5.56 Å². The summed E-state index contributed by atoms with van der Waals surface area (Å²) in [5.41, 5.74) is 1.33. The van der Waals surface area contributed by atoms with Crippen molar-refractivity contribution in [3.8, 4) is 0 Å². The standard InChI is InChI=1S/C19H15ClN6O2S/c20-13-7-5-12(6-8-13)9-26-17(28)14-3-1-2-4-15(14)23-19(26)29-10-16(27)24-18-21-11-22-25-18/h1-8,11H,9-10H2,(H2,21,22,24,25,27). The highest BCUT2D eigenvalue weighted by atomic mass is 35.5. The Morgan fingerprint density at radius 1 is 1.17 bits per heavy atom. The van der Waals surface area contributed by atoms with Crippen molar-refractivity contribution >= 4 is 46.1 Å². The molecule has 2 heterocycles. The Morgan fingerprint density at radius 3 is 2.72 bits per heavy atom. The van der Waals surface area contributed by atoms with Gasteiger partial charge in [-0.05, 0) is 29.8 Å². The molecule has 0 saturated heterocycles. The molecule has 0 aliphatic rings. The van der Waals surface area contributed by atoms with Crippen molar-refractivity contribution in [2.45, 2.75) is 11.7 Å². The Morgan fingerprint density at radius 2 is 1.97 bits per heavy atom. The van der Waals surface area contributed by atoms with Crippen LogP contribution in [0.15, 0.2) is 64.8 Å². The van der Waals surface area contributed by atoms with E-state index in [2.05, 4.69) is 25.5 Å². The monoisotopic (exact) mass is 426 g/mol. The van der Waals surface area contributed by atoms with Crippen molar-refractivity contribution in [1.82, 2.24) is 24.7 Å². The van der Waals surface area contributed by atoms with Crippen LogP contribution in [0.4, 0.5) is 5.95 Å². The largest absolute Gasteiger partial charge is 0.294 e. The van der Waals surface area contributed by atoms with E-state index in [0.29, 0.717) is 27.6 Å². The van der Waals surface area contributed by atoms with Gasteiger partial charge < -0.3 is 0 Å². The smallest absolute Gasteiger partial charge is 0.262 e. The van der Waals surface area contributed by atoms with Crippen molar-refractivity contribution in [3.05, 3.63) is 75.8 Å². The topological polar surface area (TPSA) is 106 Å². The molecule has 4 rings (SSSR count). The third kappa shape index (κ3) is 4.47. The summed E-state index contributed by atoms with van der Waals surface area (Å²) < 4.78 is 1.57. The number of nitrogens with zero attached hydrogens (tertiary/aromatic N) is 4. The Kier molecular flexibility index (Phi) is 5.59. The number of H-pyrrole nitrogens is 1. The van der Waals surface area contributed by atoms with Gasteiger partial charge in [0.05, 0.1) is 23.2 Å². The molecule has 2 aromatic heterocycles. The van der Waals surface area contributed by atoms with Gasteiger partial charge in [-0.1, -0.05) is 47.6 Å². The van der Waals surface area contributed by atoms with Crippen LogP contribution in [-0.4, -0.2) is 36.4 Å². The van der Waals surface area contributed by atoms with Gasteiger partial charge in [0.1, 0.15) is 6.33 Å². The highest BCUT2D eigenvalue weighted by Gasteiger charge is 2.14. The van der Waals surface area contributed by atoms with Gasteiger partial charge in [0.15, 0.2) is 5.16 Å². The molecule has 10 heteroatoms. The average Bonchev–Trinajstić information content (AvgIpc) is 3.23. The van der Waals surface area contributed by atoms with E-state index >= 15 is 0 Å². The quantitative estimate of drug-likeness (QED) is 0.362. The highest BCUT2D eigenvalue weighted by molar-refractivity contribution is 7.99. The number of amides is 1. The third-order valence-electron chi connectivity index (χ3n) is 4.09. The van der Waals surface area contributed by atoms with E-state index in [1.807, 2.05) is 18.2 Å². The summed E-state index contributed by atoms with van der Waals surface area (Å²) >= 11 is 7.14. The maximum absolute atomic E-state index is 13.1. The second kappa shape index (κ2) is 8.46. The second-order valence-electron chi connectivity index (χ2n) is 6.10. The molecule has 0 spiro atoms. The first kappa shape index (κ1) is 19.2. The number of aromatic amines is 1. The number of nitrogens with one attached hydrogen (secondary N) is 2. The molecule has 0 fully saturated rings. The van der Waals surface area contributed by atoms with E-state index in [9.17, 15) is 9.59 Å². The minimum Gasteiger partial charge on any atom is -0.294 e. The summed E-state index contributed by atoms with van der Waals surface area (Å²) in [7, 11) is 0. The third-order valence-corrected chi connectivity index (χ3v) is 5.31. The summed E-state index contributed by atoms with van der Waals surface area (Å²) in [6, 6.07) is 14.4. The zero-order chi connectivity index (χ0) is 20.2. The summed E-state index contributed by atoms with van der Waals surface area (Å²) in [6.07, 6.45) is 1.30. The van der Waals surface area contributed by atoms with Crippen molar-refractivity contribution < 1.29 is 4.79 Å². The minimum absolute atomic E-state index is 0.0616. The zero-order valence-corrected chi connectivity index (χ0v) is 16.6. The fourth-order valence-corrected chi connectivity index (χ4v) is 3.66. The molecule has 0 saturated carbocycles. The van der Waals surface area contributed by atoms with E-state index in [-0.39, 0.29) is 23.2 Å². The van der Waals surface area contributed by atoms with E-state index < -0.39 is 0 Å². The van der Waals surface area contributed by atoms with Crippen LogP contribution in [-0.2, 0) is 11.3 Å². The molecule has 0 atom stereocenters. The van der Waals surface area contributed by atoms with Gasteiger partial charge in [0, 0.05) is 5.02 Å². The van der Waals surface area contributed by atoms with Gasteiger partial charge in [0.25, 0.3) is 5.56 Å². The average molecular weight is 427 g/mol. The molecule has 0 aliphatic carbocycles. The normalized spacial score (nSPS) is 10.9. The zero-order valence-electron chi connectivity index (χ0n) is 15.0. The number of thioether (sulfide) groups is 1. The van der Waals surface area contributed by atoms with E-state index in [4.69, 9.17) is 11.6 Å². The van der Waals surface area contributed by atoms with Crippen molar-refractivity contribution in [1.29, 1.82) is 0 Å². The van der Waals surface area contributed by atoms with E-state index in [1.165, 1.54) is 18.1 Å². The lowest BCUT2D eigenvalue weighted by Crippen LogP contribution is -2.25. The first-order valence-electron chi connectivity index (χ1n) is 8.62. The second-order valence-corrected chi connectivity index (χ2v) is 7.48. The molecule has 29 heavy (non-hydrogen) atoms. The van der Waals surface area contributed by atoms with Crippen LogP contribution in [0.5, 0.6) is 0 Å². The summed E-state index contributed by atoms with van der Waals surface area (Å²) in [5, 5.41) is 10.4. The molecule has 2 aromatic carbocycles. The van der Waals surface area contributed by atoms with Crippen LogP contribution >= 0.6 is 23.4 Å². The number of rotatable bonds is 6. The first-order valence-corrected chi connectivity index (χ1v) is 9.98. The van der Waals surface area contributed by atoms with Crippen molar-refractivity contribution in [2.75, 3.05) is 11.1 Å². The number of anilines is 1. The number of carbonyl (C=O) groups excluding carboxylic acids is 1. The number of para-hydroxylation sites is 1. The maximum atomic E-state index is 13.1. The molecule has 8 nitrogen and oxygen atoms in total. The molecule has 4 aromatic rings. The van der Waals surface area contributed by atoms with Gasteiger partial charge in [-0.25, -0.2) is 10.1 Å². The van der Waals surface area contributed by atoms with Crippen LogP contribution in [0, 0.1) is 0 Å². The molecule has 146 valence electrons. The Balaban J connectivity index is 1.64. The molecule has 2 N–H and O–H groups in total. The van der Waals surface area contributed by atoms with Gasteiger partial charge in [0.2, 0.25) is 11.9 Å². The number of fused-ring (bicyclic) bond motifs is 1. The van der Waals surface area contributed by atoms with Crippen LogP contribution in [0.3, 0.4) is 0 Å². The molecular formula is C19H15ClN6O2S.